The van der Waals surface area contributed by atoms with Crippen molar-refractivity contribution in [2.24, 2.45) is 0 Å². The number of methoxy groups -OCH3 is 1. The fourth-order valence-electron chi connectivity index (χ4n) is 1.71. The number of carbonyl (C=O) groups excluding carboxylic acids is 1. The zero-order valence-electron chi connectivity index (χ0n) is 9.10. The van der Waals surface area contributed by atoms with Gasteiger partial charge in [0.15, 0.2) is 15.1 Å². The van der Waals surface area contributed by atoms with E-state index >= 15 is 0 Å². The highest BCUT2D eigenvalue weighted by Crippen LogP contribution is 2.24. The maximum atomic E-state index is 12.0. The fourth-order valence-corrected chi connectivity index (χ4v) is 3.63. The average Bonchev–Trinajstić information content (AvgIpc) is 2.62. The smallest absolute Gasteiger partial charge is 0.323 e. The van der Waals surface area contributed by atoms with Crippen molar-refractivity contribution in [3.63, 3.8) is 0 Å². The van der Waals surface area contributed by atoms with Gasteiger partial charge in [0.2, 0.25) is 0 Å². The van der Waals surface area contributed by atoms with Gasteiger partial charge in [-0.05, 0) is 20.3 Å². The third-order valence-electron chi connectivity index (χ3n) is 2.75. The second-order valence-corrected chi connectivity index (χ2v) is 6.15. The molecular formula is C9H16O5S. The number of esters is 1. The predicted molar refractivity (Wildman–Crippen MR) is 54.2 cm³/mol. The minimum absolute atomic E-state index is 0.345. The van der Waals surface area contributed by atoms with Crippen molar-refractivity contribution in [1.29, 1.82) is 0 Å². The van der Waals surface area contributed by atoms with Crippen molar-refractivity contribution < 1.29 is 22.7 Å². The lowest BCUT2D eigenvalue weighted by atomic mass is 10.3. The Kier molecular flexibility index (Phi) is 3.72. The lowest BCUT2D eigenvalue weighted by Crippen LogP contribution is -2.39. The zero-order valence-corrected chi connectivity index (χ0v) is 9.91. The molecule has 1 fully saturated rings. The molecule has 0 spiro atoms. The largest absolute Gasteiger partial charge is 0.468 e. The second-order valence-electron chi connectivity index (χ2n) is 3.66. The van der Waals surface area contributed by atoms with Crippen LogP contribution in [0.2, 0.25) is 0 Å². The van der Waals surface area contributed by atoms with Gasteiger partial charge in [-0.15, -0.1) is 0 Å². The van der Waals surface area contributed by atoms with Gasteiger partial charge in [0.05, 0.1) is 18.5 Å². The van der Waals surface area contributed by atoms with Gasteiger partial charge in [0.25, 0.3) is 0 Å². The summed E-state index contributed by atoms with van der Waals surface area (Å²) < 4.78 is 33.5. The third kappa shape index (κ3) is 2.31. The van der Waals surface area contributed by atoms with Crippen molar-refractivity contribution in [2.75, 3.05) is 13.7 Å². The van der Waals surface area contributed by atoms with Gasteiger partial charge in [-0.3, -0.25) is 4.79 Å². The van der Waals surface area contributed by atoms with Gasteiger partial charge >= 0.3 is 5.97 Å². The molecule has 0 N–H and O–H groups in total. The second kappa shape index (κ2) is 4.49. The highest BCUT2D eigenvalue weighted by Gasteiger charge is 2.42. The molecule has 1 aliphatic rings. The van der Waals surface area contributed by atoms with E-state index in [2.05, 4.69) is 4.74 Å². The Bertz CT molecular complexity index is 334. The van der Waals surface area contributed by atoms with Crippen LogP contribution in [0.4, 0.5) is 0 Å². The van der Waals surface area contributed by atoms with Crippen LogP contribution < -0.4 is 0 Å². The summed E-state index contributed by atoms with van der Waals surface area (Å²) in [4.78, 5) is 11.2. The maximum absolute atomic E-state index is 12.0. The van der Waals surface area contributed by atoms with E-state index < -0.39 is 26.3 Å². The van der Waals surface area contributed by atoms with E-state index in [1.165, 1.54) is 14.0 Å². The van der Waals surface area contributed by atoms with Crippen molar-refractivity contribution in [2.45, 2.75) is 36.9 Å². The first-order valence-corrected chi connectivity index (χ1v) is 6.44. The lowest BCUT2D eigenvalue weighted by Gasteiger charge is -2.18. The van der Waals surface area contributed by atoms with Gasteiger partial charge in [0.1, 0.15) is 0 Å². The third-order valence-corrected chi connectivity index (χ3v) is 5.40. The molecule has 1 aliphatic heterocycles. The number of rotatable bonds is 3. The summed E-state index contributed by atoms with van der Waals surface area (Å²) in [7, 11) is -2.32. The Morgan fingerprint density at radius 2 is 2.13 bits per heavy atom. The Balaban J connectivity index is 2.87. The van der Waals surface area contributed by atoms with Gasteiger partial charge in [0, 0.05) is 6.61 Å². The van der Waals surface area contributed by atoms with Crippen molar-refractivity contribution in [3.05, 3.63) is 0 Å². The van der Waals surface area contributed by atoms with Gasteiger partial charge in [-0.1, -0.05) is 0 Å². The van der Waals surface area contributed by atoms with Crippen LogP contribution in [-0.2, 0) is 24.1 Å². The SMILES string of the molecule is COC(=O)C(C)S(=O)(=O)C1CCOC1C. The molecule has 6 heteroatoms. The van der Waals surface area contributed by atoms with Crippen molar-refractivity contribution in [1.82, 2.24) is 0 Å². The standard InChI is InChI=1S/C9H16O5S/c1-6-8(4-5-14-6)15(11,12)7(2)9(10)13-3/h6-8H,4-5H2,1-3H3. The van der Waals surface area contributed by atoms with E-state index in [4.69, 9.17) is 4.74 Å². The quantitative estimate of drug-likeness (QED) is 0.652. The summed E-state index contributed by atoms with van der Waals surface area (Å²) in [5, 5.41) is -1.71. The average molecular weight is 236 g/mol. The monoisotopic (exact) mass is 236 g/mol. The topological polar surface area (TPSA) is 69.7 Å². The molecule has 3 unspecified atom stereocenters. The van der Waals surface area contributed by atoms with E-state index in [0.717, 1.165) is 0 Å². The molecule has 5 nitrogen and oxygen atoms in total. The Hall–Kier alpha value is -0.620. The number of carbonyl (C=O) groups is 1. The van der Waals surface area contributed by atoms with Crippen LogP contribution >= 0.6 is 0 Å². The molecule has 0 aromatic carbocycles. The molecule has 0 bridgehead atoms. The molecule has 15 heavy (non-hydrogen) atoms. The van der Waals surface area contributed by atoms with Gasteiger partial charge in [-0.25, -0.2) is 8.42 Å². The maximum Gasteiger partial charge on any atom is 0.323 e. The molecule has 1 saturated heterocycles. The lowest BCUT2D eigenvalue weighted by molar-refractivity contribution is -0.139. The Morgan fingerprint density at radius 1 is 1.53 bits per heavy atom. The van der Waals surface area contributed by atoms with Crippen LogP contribution in [0.1, 0.15) is 20.3 Å². The number of sulfone groups is 1. The predicted octanol–water partition coefficient (Wildman–Crippen LogP) is 0.140. The van der Waals surface area contributed by atoms with Crippen molar-refractivity contribution >= 4 is 15.8 Å². The van der Waals surface area contributed by atoms with Crippen LogP contribution in [0.15, 0.2) is 0 Å². The molecular weight excluding hydrogens is 220 g/mol. The summed E-state index contributed by atoms with van der Waals surface area (Å²) in [5.41, 5.74) is 0. The summed E-state index contributed by atoms with van der Waals surface area (Å²) in [6.45, 7) is 3.49. The van der Waals surface area contributed by atoms with E-state index in [1.54, 1.807) is 6.92 Å². The summed E-state index contributed by atoms with van der Waals surface area (Å²) in [5.74, 6) is -0.714. The first kappa shape index (κ1) is 12.4. The molecule has 0 aliphatic carbocycles. The number of hydrogen-bond acceptors (Lipinski definition) is 5. The molecule has 3 atom stereocenters. The molecule has 1 heterocycles. The molecule has 88 valence electrons. The van der Waals surface area contributed by atoms with Gasteiger partial charge < -0.3 is 9.47 Å². The van der Waals surface area contributed by atoms with E-state index in [9.17, 15) is 13.2 Å². The molecule has 0 radical (unpaired) electrons. The first-order valence-electron chi connectivity index (χ1n) is 4.83. The normalized spacial score (nSPS) is 28.7. The highest BCUT2D eigenvalue weighted by atomic mass is 32.2. The van der Waals surface area contributed by atoms with Crippen molar-refractivity contribution in [3.8, 4) is 0 Å². The van der Waals surface area contributed by atoms with E-state index in [1.807, 2.05) is 0 Å². The van der Waals surface area contributed by atoms with Gasteiger partial charge in [-0.2, -0.15) is 0 Å². The van der Waals surface area contributed by atoms with Crippen LogP contribution in [0.3, 0.4) is 0 Å². The molecule has 1 rings (SSSR count). The van der Waals surface area contributed by atoms with Crippen LogP contribution in [-0.4, -0.2) is 44.7 Å². The molecule has 0 aromatic rings. The molecule has 0 aromatic heterocycles. The Morgan fingerprint density at radius 3 is 2.53 bits per heavy atom. The van der Waals surface area contributed by atoms with Crippen LogP contribution in [0, 0.1) is 0 Å². The van der Waals surface area contributed by atoms with Crippen LogP contribution in [0.25, 0.3) is 0 Å². The summed E-state index contributed by atoms with van der Waals surface area (Å²) >= 11 is 0. The summed E-state index contributed by atoms with van der Waals surface area (Å²) in [6, 6.07) is 0. The highest BCUT2D eigenvalue weighted by molar-refractivity contribution is 7.93. The first-order chi connectivity index (χ1) is 6.91. The number of hydrogen-bond donors (Lipinski definition) is 0. The Labute approximate surface area is 89.7 Å². The summed E-state index contributed by atoms with van der Waals surface area (Å²) in [6.07, 6.45) is 0.104. The van der Waals surface area contributed by atoms with E-state index in [0.29, 0.717) is 13.0 Å². The molecule has 0 saturated carbocycles. The fraction of sp³-hybridized carbons (Fsp3) is 0.889. The van der Waals surface area contributed by atoms with Crippen LogP contribution in [0.5, 0.6) is 0 Å². The van der Waals surface area contributed by atoms with E-state index in [-0.39, 0.29) is 6.10 Å². The minimum Gasteiger partial charge on any atom is -0.468 e. The zero-order chi connectivity index (χ0) is 11.6. The minimum atomic E-state index is -3.50. The number of ether oxygens (including phenoxy) is 2. The molecule has 0 amide bonds.